The van der Waals surface area contributed by atoms with E-state index in [1.807, 2.05) is 0 Å². The van der Waals surface area contributed by atoms with Crippen molar-refractivity contribution in [2.24, 2.45) is 23.7 Å². The van der Waals surface area contributed by atoms with Crippen molar-refractivity contribution in [1.29, 1.82) is 0 Å². The zero-order valence-electron chi connectivity index (χ0n) is 23.5. The number of hydrogen-bond acceptors (Lipinski definition) is 6. The van der Waals surface area contributed by atoms with Gasteiger partial charge in [0.2, 0.25) is 0 Å². The monoisotopic (exact) mass is 593 g/mol. The molecule has 8 nitrogen and oxygen atoms in total. The number of nitrogens with one attached hydrogen (secondary N) is 6. The molecule has 7 aliphatic rings. The van der Waals surface area contributed by atoms with Crippen LogP contribution in [0.3, 0.4) is 0 Å². The Bertz CT molecular complexity index is 1070. The molecule has 9 rings (SSSR count). The summed E-state index contributed by atoms with van der Waals surface area (Å²) in [6, 6.07) is 17.9. The summed E-state index contributed by atoms with van der Waals surface area (Å²) < 4.78 is 0. The summed E-state index contributed by atoms with van der Waals surface area (Å²) >= 11 is 0. The first-order valence-corrected chi connectivity index (χ1v) is 15.9. The van der Waals surface area contributed by atoms with Crippen LogP contribution in [-0.2, 0) is 17.1 Å². The molecule has 2 saturated carbocycles. The Morgan fingerprint density at radius 3 is 0.951 bits per heavy atom. The molecule has 0 aromatic heterocycles. The van der Waals surface area contributed by atoms with Crippen LogP contribution in [0.2, 0.25) is 0 Å². The van der Waals surface area contributed by atoms with E-state index in [1.54, 1.807) is 0 Å². The number of fused-ring (bicyclic) bond motifs is 20. The molecule has 9 heteroatoms. The Balaban J connectivity index is 0.00000256. The average molecular weight is 594 g/mol. The van der Waals surface area contributed by atoms with Gasteiger partial charge in [-0.25, -0.2) is 0 Å². The Labute approximate surface area is 254 Å². The standard InChI is InChI=1S/C32H42N8.Mn/c1-2-10-18-17(9-1)25-33-26(18)38-28-21-13-5-6-14-22(21)30(35-28)40-32-24-16-8-7-15-23(24)31(36-32)39-29-20-12-4-3-11-19(20)27(34-29)37-25;/h1-2,7-10,15-16,19-22,25-33,36-40H,3-6,11-14H2;/q-2;+2. The molecule has 5 fully saturated rings. The van der Waals surface area contributed by atoms with Crippen molar-refractivity contribution in [3.05, 3.63) is 81.4 Å². The van der Waals surface area contributed by atoms with Gasteiger partial charge in [0, 0.05) is 0 Å². The summed E-state index contributed by atoms with van der Waals surface area (Å²) in [5.74, 6) is 2.29. The fourth-order valence-corrected chi connectivity index (χ4v) is 9.40. The van der Waals surface area contributed by atoms with Crippen molar-refractivity contribution < 1.29 is 17.1 Å². The maximum absolute atomic E-state index is 5.48. The van der Waals surface area contributed by atoms with Gasteiger partial charge in [-0.15, -0.1) is 0 Å². The van der Waals surface area contributed by atoms with Crippen molar-refractivity contribution >= 4 is 0 Å². The summed E-state index contributed by atoms with van der Waals surface area (Å²) in [7, 11) is 0. The average Bonchev–Trinajstić information content (AvgIpc) is 3.73. The molecule has 8 bridgehead atoms. The van der Waals surface area contributed by atoms with Crippen molar-refractivity contribution in [2.45, 2.75) is 101 Å². The number of benzene rings is 2. The molecule has 12 atom stereocenters. The predicted octanol–water partition coefficient (Wildman–Crippen LogP) is 4.65. The van der Waals surface area contributed by atoms with Crippen LogP contribution < -0.4 is 31.9 Å². The molecular formula is C32H42MnN8. The van der Waals surface area contributed by atoms with Gasteiger partial charge >= 0.3 is 17.1 Å². The molecule has 3 saturated heterocycles. The third kappa shape index (κ3) is 4.56. The molecule has 2 aromatic carbocycles. The van der Waals surface area contributed by atoms with Crippen molar-refractivity contribution in [3.8, 4) is 0 Å². The second kappa shape index (κ2) is 11.0. The second-order valence-electron chi connectivity index (χ2n) is 13.3. The van der Waals surface area contributed by atoms with Crippen LogP contribution >= 0.6 is 0 Å². The summed E-state index contributed by atoms with van der Waals surface area (Å²) in [4.78, 5) is 0. The molecule has 2 aromatic rings. The van der Waals surface area contributed by atoms with E-state index in [-0.39, 0.29) is 66.4 Å². The van der Waals surface area contributed by atoms with Crippen LogP contribution in [0.1, 0.15) is 98.3 Å². The zero-order chi connectivity index (χ0) is 26.2. The fourth-order valence-electron chi connectivity index (χ4n) is 9.40. The summed E-state index contributed by atoms with van der Waals surface area (Å²) in [6.45, 7) is 0. The minimum absolute atomic E-state index is 0. The van der Waals surface area contributed by atoms with Crippen LogP contribution in [0.25, 0.3) is 10.6 Å². The van der Waals surface area contributed by atoms with Crippen LogP contribution in [0.4, 0.5) is 0 Å². The predicted molar refractivity (Wildman–Crippen MR) is 155 cm³/mol. The molecular weight excluding hydrogens is 551 g/mol. The number of nitrogens with zero attached hydrogens (tertiary/aromatic N) is 2. The maximum Gasteiger partial charge on any atom is 2.00 e. The molecule has 6 N–H and O–H groups in total. The molecule has 217 valence electrons. The quantitative estimate of drug-likeness (QED) is 0.249. The van der Waals surface area contributed by atoms with Gasteiger partial charge in [-0.05, 0) is 45.9 Å². The van der Waals surface area contributed by atoms with Gasteiger partial charge in [0.1, 0.15) is 0 Å². The van der Waals surface area contributed by atoms with Gasteiger partial charge in [-0.3, -0.25) is 10.6 Å². The van der Waals surface area contributed by atoms with Gasteiger partial charge in [0.15, 0.2) is 0 Å². The van der Waals surface area contributed by atoms with E-state index in [0.717, 1.165) is 0 Å². The van der Waals surface area contributed by atoms with E-state index in [9.17, 15) is 0 Å². The summed E-state index contributed by atoms with van der Waals surface area (Å²) in [6.07, 6.45) is 11.2. The van der Waals surface area contributed by atoms with Crippen molar-refractivity contribution in [3.63, 3.8) is 0 Å². The van der Waals surface area contributed by atoms with Gasteiger partial charge in [0.25, 0.3) is 0 Å². The molecule has 12 unspecified atom stereocenters. The Morgan fingerprint density at radius 2 is 0.683 bits per heavy atom. The topological polar surface area (TPSA) is 100 Å². The van der Waals surface area contributed by atoms with Crippen LogP contribution in [0, 0.1) is 23.7 Å². The maximum atomic E-state index is 5.48. The van der Waals surface area contributed by atoms with E-state index in [0.29, 0.717) is 23.7 Å². The van der Waals surface area contributed by atoms with E-state index < -0.39 is 0 Å². The third-order valence-corrected chi connectivity index (χ3v) is 11.3. The van der Waals surface area contributed by atoms with Gasteiger partial charge < -0.3 is 31.9 Å². The fraction of sp³-hybridized carbons (Fsp3) is 0.625. The van der Waals surface area contributed by atoms with E-state index in [4.69, 9.17) is 10.6 Å². The Morgan fingerprint density at radius 1 is 0.415 bits per heavy atom. The summed E-state index contributed by atoms with van der Waals surface area (Å²) in [5, 5.41) is 34.9. The third-order valence-electron chi connectivity index (χ3n) is 11.3. The first kappa shape index (κ1) is 27.2. The molecule has 5 heterocycles. The molecule has 41 heavy (non-hydrogen) atoms. The van der Waals surface area contributed by atoms with Crippen molar-refractivity contribution in [2.75, 3.05) is 0 Å². The number of hydrogen-bond donors (Lipinski definition) is 6. The Hall–Kier alpha value is -1.36. The van der Waals surface area contributed by atoms with Gasteiger partial charge in [-0.2, -0.15) is 0 Å². The second-order valence-corrected chi connectivity index (χ2v) is 13.3. The summed E-state index contributed by atoms with van der Waals surface area (Å²) in [5.41, 5.74) is 5.41. The van der Waals surface area contributed by atoms with Crippen LogP contribution in [-0.4, -0.2) is 24.7 Å². The van der Waals surface area contributed by atoms with E-state index >= 15 is 0 Å². The SMILES string of the molecule is [Mn+2].c1ccc2c(c1)C1NC2NC2[N-]C(NC3NC(NC4[N-]C(N1)C1CCCCC41)c1ccccc13)C1CCCCC21. The minimum Gasteiger partial charge on any atom is -0.632 e. The van der Waals surface area contributed by atoms with E-state index in [2.05, 4.69) is 80.4 Å². The zero-order valence-corrected chi connectivity index (χ0v) is 24.7. The molecule has 1 radical (unpaired) electrons. The van der Waals surface area contributed by atoms with Gasteiger partial charge in [0.05, 0.1) is 24.7 Å². The van der Waals surface area contributed by atoms with Gasteiger partial charge in [-0.1, -0.05) is 125 Å². The normalized spacial score (nSPS) is 44.3. The smallest absolute Gasteiger partial charge is 0.632 e. The van der Waals surface area contributed by atoms with Crippen LogP contribution in [0.5, 0.6) is 0 Å². The Kier molecular flexibility index (Phi) is 7.28. The first-order chi connectivity index (χ1) is 19.8. The number of rotatable bonds is 0. The molecule has 5 aliphatic heterocycles. The minimum atomic E-state index is 0. The molecule has 2 aliphatic carbocycles. The first-order valence-electron chi connectivity index (χ1n) is 15.9. The largest absolute Gasteiger partial charge is 2.00 e. The van der Waals surface area contributed by atoms with Crippen molar-refractivity contribution in [1.82, 2.24) is 31.9 Å². The molecule has 0 spiro atoms. The van der Waals surface area contributed by atoms with E-state index in [1.165, 1.54) is 73.6 Å². The van der Waals surface area contributed by atoms with Crippen LogP contribution in [0.15, 0.2) is 48.5 Å². The molecule has 0 amide bonds.